The first kappa shape index (κ1) is 12.0. The molecule has 0 aromatic carbocycles. The number of aliphatic hydroxyl groups excluding tert-OH is 1. The number of hydrogen-bond acceptors (Lipinski definition) is 5. The molecule has 1 aromatic rings. The summed E-state index contributed by atoms with van der Waals surface area (Å²) in [5.74, 6) is 0. The van der Waals surface area contributed by atoms with Gasteiger partial charge in [0, 0.05) is 16.7 Å². The highest BCUT2D eigenvalue weighted by Crippen LogP contribution is 2.27. The Morgan fingerprint density at radius 3 is 2.93 bits per heavy atom. The van der Waals surface area contributed by atoms with Crippen molar-refractivity contribution >= 4 is 21.6 Å². The van der Waals surface area contributed by atoms with Crippen molar-refractivity contribution in [1.82, 2.24) is 4.98 Å². The molecule has 1 atom stereocenters. The quantitative estimate of drug-likeness (QED) is 0.634. The van der Waals surface area contributed by atoms with E-state index in [2.05, 4.69) is 20.9 Å². The molecular weight excluding hydrogens is 266 g/mol. The molecule has 15 heavy (non-hydrogen) atoms. The number of pyridine rings is 1. The molecule has 6 nitrogen and oxygen atoms in total. The largest absolute Gasteiger partial charge is 0.386 e. The first-order valence-electron chi connectivity index (χ1n) is 4.24. The van der Waals surface area contributed by atoms with Gasteiger partial charge in [-0.25, -0.2) is 0 Å². The summed E-state index contributed by atoms with van der Waals surface area (Å²) in [7, 11) is 0. The van der Waals surface area contributed by atoms with Crippen LogP contribution in [0.2, 0.25) is 0 Å². The van der Waals surface area contributed by atoms with E-state index < -0.39 is 11.0 Å². The average molecular weight is 276 g/mol. The number of aromatic nitrogens is 1. The maximum Gasteiger partial charge on any atom is 0.294 e. The van der Waals surface area contributed by atoms with E-state index in [0.29, 0.717) is 4.47 Å². The molecule has 0 fully saturated rings. The molecule has 1 rings (SSSR count). The smallest absolute Gasteiger partial charge is 0.294 e. The second-order valence-corrected chi connectivity index (χ2v) is 3.82. The zero-order valence-corrected chi connectivity index (χ0v) is 9.35. The van der Waals surface area contributed by atoms with Gasteiger partial charge in [-0.15, -0.1) is 0 Å². The van der Waals surface area contributed by atoms with E-state index in [-0.39, 0.29) is 24.3 Å². The van der Waals surface area contributed by atoms with E-state index in [4.69, 9.17) is 5.73 Å². The Balaban J connectivity index is 3.10. The first-order valence-corrected chi connectivity index (χ1v) is 5.03. The average Bonchev–Trinajstić information content (AvgIpc) is 2.17. The predicted molar refractivity (Wildman–Crippen MR) is 57.2 cm³/mol. The van der Waals surface area contributed by atoms with E-state index in [1.807, 2.05) is 0 Å². The summed E-state index contributed by atoms with van der Waals surface area (Å²) >= 11 is 3.08. The number of halogens is 1. The SMILES string of the molecule is NCCC(O)c1ncc(Br)cc1[N+](=O)[O-]. The second-order valence-electron chi connectivity index (χ2n) is 2.91. The summed E-state index contributed by atoms with van der Waals surface area (Å²) in [6.07, 6.45) is 0.654. The lowest BCUT2D eigenvalue weighted by Crippen LogP contribution is -2.10. The highest BCUT2D eigenvalue weighted by molar-refractivity contribution is 9.10. The number of nitrogens with zero attached hydrogens (tertiary/aromatic N) is 2. The molecule has 0 saturated carbocycles. The molecule has 1 unspecified atom stereocenters. The van der Waals surface area contributed by atoms with Crippen molar-refractivity contribution in [3.8, 4) is 0 Å². The van der Waals surface area contributed by atoms with Crippen LogP contribution in [0.25, 0.3) is 0 Å². The topological polar surface area (TPSA) is 102 Å². The zero-order chi connectivity index (χ0) is 11.4. The first-order chi connectivity index (χ1) is 7.06. The third kappa shape index (κ3) is 2.95. The number of nitro groups is 1. The van der Waals surface area contributed by atoms with Crippen LogP contribution < -0.4 is 5.73 Å². The lowest BCUT2D eigenvalue weighted by atomic mass is 10.1. The summed E-state index contributed by atoms with van der Waals surface area (Å²) in [5, 5.41) is 20.3. The van der Waals surface area contributed by atoms with Crippen molar-refractivity contribution in [2.24, 2.45) is 5.73 Å². The Kier molecular flexibility index (Phi) is 4.13. The summed E-state index contributed by atoms with van der Waals surface area (Å²) in [6.45, 7) is 0.246. The van der Waals surface area contributed by atoms with Crippen LogP contribution in [-0.2, 0) is 0 Å². The Morgan fingerprint density at radius 2 is 2.40 bits per heavy atom. The van der Waals surface area contributed by atoms with Gasteiger partial charge in [-0.3, -0.25) is 15.1 Å². The van der Waals surface area contributed by atoms with Crippen molar-refractivity contribution in [2.45, 2.75) is 12.5 Å². The number of hydrogen-bond donors (Lipinski definition) is 2. The molecule has 0 bridgehead atoms. The van der Waals surface area contributed by atoms with E-state index in [1.165, 1.54) is 12.3 Å². The second kappa shape index (κ2) is 5.15. The molecule has 0 saturated heterocycles. The van der Waals surface area contributed by atoms with E-state index >= 15 is 0 Å². The van der Waals surface area contributed by atoms with Gasteiger partial charge in [0.05, 0.1) is 4.92 Å². The molecule has 1 aromatic heterocycles. The molecule has 1 heterocycles. The predicted octanol–water partition coefficient (Wildman–Crippen LogP) is 1.13. The van der Waals surface area contributed by atoms with Crippen LogP contribution in [0.1, 0.15) is 18.2 Å². The van der Waals surface area contributed by atoms with Crippen LogP contribution in [0.15, 0.2) is 16.7 Å². The normalized spacial score (nSPS) is 12.5. The summed E-state index contributed by atoms with van der Waals surface area (Å²) in [5.41, 5.74) is 5.10. The summed E-state index contributed by atoms with van der Waals surface area (Å²) in [4.78, 5) is 13.9. The molecule has 82 valence electrons. The van der Waals surface area contributed by atoms with Crippen molar-refractivity contribution < 1.29 is 10.0 Å². The van der Waals surface area contributed by atoms with Gasteiger partial charge >= 0.3 is 0 Å². The van der Waals surface area contributed by atoms with E-state index in [0.717, 1.165) is 0 Å². The molecule has 7 heteroatoms. The Hall–Kier alpha value is -1.05. The van der Waals surface area contributed by atoms with Gasteiger partial charge in [0.1, 0.15) is 11.8 Å². The van der Waals surface area contributed by atoms with Gasteiger partial charge < -0.3 is 10.8 Å². The zero-order valence-electron chi connectivity index (χ0n) is 7.76. The standard InChI is InChI=1S/C8H10BrN3O3/c9-5-3-6(12(14)15)8(11-4-5)7(13)1-2-10/h3-4,7,13H,1-2,10H2. The maximum absolute atomic E-state index is 10.7. The lowest BCUT2D eigenvalue weighted by Gasteiger charge is -2.08. The minimum atomic E-state index is -0.997. The van der Waals surface area contributed by atoms with Gasteiger partial charge in [0.25, 0.3) is 5.69 Å². The summed E-state index contributed by atoms with van der Waals surface area (Å²) in [6, 6.07) is 1.31. The van der Waals surface area contributed by atoms with Crippen LogP contribution in [0, 0.1) is 10.1 Å². The fourth-order valence-electron chi connectivity index (χ4n) is 1.14. The van der Waals surface area contributed by atoms with Crippen molar-refractivity contribution in [3.05, 3.63) is 32.5 Å². The van der Waals surface area contributed by atoms with Crippen LogP contribution in [0.5, 0.6) is 0 Å². The lowest BCUT2D eigenvalue weighted by molar-refractivity contribution is -0.386. The third-order valence-electron chi connectivity index (χ3n) is 1.82. The molecule has 3 N–H and O–H groups in total. The van der Waals surface area contributed by atoms with Crippen molar-refractivity contribution in [2.75, 3.05) is 6.54 Å². The van der Waals surface area contributed by atoms with Gasteiger partial charge in [-0.05, 0) is 28.9 Å². The highest BCUT2D eigenvalue weighted by Gasteiger charge is 2.21. The van der Waals surface area contributed by atoms with Gasteiger partial charge in [0.15, 0.2) is 0 Å². The molecule has 0 spiro atoms. The van der Waals surface area contributed by atoms with Gasteiger partial charge in [0.2, 0.25) is 0 Å². The van der Waals surface area contributed by atoms with Gasteiger partial charge in [-0.1, -0.05) is 0 Å². The molecule has 0 radical (unpaired) electrons. The fourth-order valence-corrected chi connectivity index (χ4v) is 1.46. The molecule has 0 aliphatic carbocycles. The minimum absolute atomic E-state index is 0.0497. The molecule has 0 amide bonds. The monoisotopic (exact) mass is 275 g/mol. The number of rotatable bonds is 4. The van der Waals surface area contributed by atoms with E-state index in [9.17, 15) is 15.2 Å². The van der Waals surface area contributed by atoms with Crippen molar-refractivity contribution in [1.29, 1.82) is 0 Å². The minimum Gasteiger partial charge on any atom is -0.386 e. The van der Waals surface area contributed by atoms with Crippen LogP contribution >= 0.6 is 15.9 Å². The fraction of sp³-hybridized carbons (Fsp3) is 0.375. The Labute approximate surface area is 94.4 Å². The summed E-state index contributed by atoms with van der Waals surface area (Å²) < 4.78 is 0.498. The van der Waals surface area contributed by atoms with Gasteiger partial charge in [-0.2, -0.15) is 0 Å². The number of nitrogens with two attached hydrogens (primary N) is 1. The molecule has 0 aliphatic rings. The Bertz CT molecular complexity index is 372. The molecular formula is C8H10BrN3O3. The Morgan fingerprint density at radius 1 is 1.73 bits per heavy atom. The van der Waals surface area contributed by atoms with Crippen LogP contribution in [0.3, 0.4) is 0 Å². The number of aliphatic hydroxyl groups is 1. The molecule has 0 aliphatic heterocycles. The van der Waals surface area contributed by atoms with Crippen LogP contribution in [-0.4, -0.2) is 21.6 Å². The van der Waals surface area contributed by atoms with Crippen molar-refractivity contribution in [3.63, 3.8) is 0 Å². The highest BCUT2D eigenvalue weighted by atomic mass is 79.9. The maximum atomic E-state index is 10.7. The third-order valence-corrected chi connectivity index (χ3v) is 2.25. The van der Waals surface area contributed by atoms with E-state index in [1.54, 1.807) is 0 Å². The van der Waals surface area contributed by atoms with Crippen LogP contribution in [0.4, 0.5) is 5.69 Å².